The first-order valence-corrected chi connectivity index (χ1v) is 9.14. The van der Waals surface area contributed by atoms with Crippen LogP contribution in [0.2, 0.25) is 0 Å². The molecule has 0 radical (unpaired) electrons. The number of nitrogens with one attached hydrogen (secondary N) is 1. The number of anilines is 1. The fraction of sp³-hybridized carbons (Fsp3) is 0.375. The van der Waals surface area contributed by atoms with Crippen molar-refractivity contribution in [2.45, 2.75) is 30.6 Å². The minimum absolute atomic E-state index is 0.174. The summed E-state index contributed by atoms with van der Waals surface area (Å²) in [6.07, 6.45) is 5.24. The Balaban J connectivity index is 2.07. The van der Waals surface area contributed by atoms with Gasteiger partial charge < -0.3 is 15.2 Å². The molecule has 0 spiro atoms. The molecule has 1 fully saturated rings. The second-order valence-corrected chi connectivity index (χ2v) is 7.42. The van der Waals surface area contributed by atoms with E-state index in [1.807, 2.05) is 0 Å². The molecule has 130 valence electrons. The Hall–Kier alpha value is -2.19. The van der Waals surface area contributed by atoms with Crippen molar-refractivity contribution in [3.8, 4) is 0 Å². The van der Waals surface area contributed by atoms with E-state index < -0.39 is 21.9 Å². The van der Waals surface area contributed by atoms with Gasteiger partial charge in [-0.1, -0.05) is 12.8 Å². The number of benzene rings is 1. The molecule has 8 heteroatoms. The predicted molar refractivity (Wildman–Crippen MR) is 86.4 cm³/mol. The summed E-state index contributed by atoms with van der Waals surface area (Å²) in [5.41, 5.74) is 0.373. The smallest absolute Gasteiger partial charge is 0.248 e. The van der Waals surface area contributed by atoms with Crippen LogP contribution in [-0.4, -0.2) is 37.7 Å². The Kier molecular flexibility index (Phi) is 6.10. The third kappa shape index (κ3) is 4.90. The molecule has 1 aromatic carbocycles. The van der Waals surface area contributed by atoms with E-state index in [4.69, 9.17) is 0 Å². The van der Waals surface area contributed by atoms with E-state index in [2.05, 4.69) is 5.32 Å². The highest BCUT2D eigenvalue weighted by molar-refractivity contribution is 7.89. The van der Waals surface area contributed by atoms with Gasteiger partial charge in [0.05, 0.1) is 10.9 Å². The second-order valence-electron chi connectivity index (χ2n) is 5.48. The van der Waals surface area contributed by atoms with E-state index in [1.54, 1.807) is 0 Å². The maximum absolute atomic E-state index is 12.6. The van der Waals surface area contributed by atoms with Gasteiger partial charge in [0.15, 0.2) is 0 Å². The number of carboxylic acids is 1. The number of hydrogen-bond donors (Lipinski definition) is 1. The van der Waals surface area contributed by atoms with Crippen molar-refractivity contribution >= 4 is 27.6 Å². The Morgan fingerprint density at radius 1 is 1.00 bits per heavy atom. The fourth-order valence-electron chi connectivity index (χ4n) is 2.47. The molecule has 0 saturated carbocycles. The Labute approximate surface area is 141 Å². The standard InChI is InChI=1S/C16H20N2O5S/c19-15(9-10-16(20)21)17-13-5-7-14(8-6-13)24(22,23)18-11-3-1-2-4-12-18/h5-10H,1-4,11-12H2,(H,17,19)(H,20,21)/p-1/b10-9+. The van der Waals surface area contributed by atoms with E-state index in [0.29, 0.717) is 24.9 Å². The molecule has 2 rings (SSSR count). The van der Waals surface area contributed by atoms with Crippen molar-refractivity contribution in [1.29, 1.82) is 0 Å². The molecule has 0 aliphatic carbocycles. The monoisotopic (exact) mass is 351 g/mol. The van der Waals surface area contributed by atoms with Crippen molar-refractivity contribution in [2.24, 2.45) is 0 Å². The SMILES string of the molecule is O=C([O-])/C=C/C(=O)Nc1ccc(S(=O)(=O)N2CCCCCC2)cc1. The summed E-state index contributed by atoms with van der Waals surface area (Å²) < 4.78 is 26.7. The summed E-state index contributed by atoms with van der Waals surface area (Å²) in [5.74, 6) is -2.11. The first-order chi connectivity index (χ1) is 11.4. The van der Waals surface area contributed by atoms with Crippen LogP contribution in [-0.2, 0) is 19.6 Å². The lowest BCUT2D eigenvalue weighted by molar-refractivity contribution is -0.297. The number of rotatable bonds is 5. The molecule has 1 aliphatic rings. The van der Waals surface area contributed by atoms with Crippen molar-refractivity contribution in [3.63, 3.8) is 0 Å². The lowest BCUT2D eigenvalue weighted by Gasteiger charge is -2.20. The molecule has 7 nitrogen and oxygen atoms in total. The summed E-state index contributed by atoms with van der Waals surface area (Å²) in [6, 6.07) is 5.79. The maximum Gasteiger partial charge on any atom is 0.248 e. The zero-order valence-corrected chi connectivity index (χ0v) is 13.9. The van der Waals surface area contributed by atoms with Crippen LogP contribution in [0.4, 0.5) is 5.69 Å². The summed E-state index contributed by atoms with van der Waals surface area (Å²) in [7, 11) is -3.53. The number of carboxylic acid groups (broad SMARTS) is 1. The van der Waals surface area contributed by atoms with Crippen LogP contribution >= 0.6 is 0 Å². The highest BCUT2D eigenvalue weighted by Gasteiger charge is 2.24. The van der Waals surface area contributed by atoms with Gasteiger partial charge in [0.25, 0.3) is 0 Å². The predicted octanol–water partition coefficient (Wildman–Crippen LogP) is 0.496. The van der Waals surface area contributed by atoms with E-state index in [1.165, 1.54) is 28.6 Å². The summed E-state index contributed by atoms with van der Waals surface area (Å²) in [4.78, 5) is 21.9. The average molecular weight is 351 g/mol. The molecule has 1 amide bonds. The van der Waals surface area contributed by atoms with Gasteiger partial charge in [0.1, 0.15) is 0 Å². The number of sulfonamides is 1. The van der Waals surface area contributed by atoms with E-state index in [-0.39, 0.29) is 4.90 Å². The van der Waals surface area contributed by atoms with Crippen LogP contribution in [0, 0.1) is 0 Å². The van der Waals surface area contributed by atoms with Crippen molar-refractivity contribution < 1.29 is 23.1 Å². The average Bonchev–Trinajstić information content (AvgIpc) is 2.83. The van der Waals surface area contributed by atoms with Crippen LogP contribution in [0.15, 0.2) is 41.3 Å². The Bertz CT molecular complexity index is 717. The molecule has 1 saturated heterocycles. The lowest BCUT2D eigenvalue weighted by atomic mass is 10.2. The number of aliphatic carboxylic acids is 1. The molecule has 1 aliphatic heterocycles. The van der Waals surface area contributed by atoms with Gasteiger partial charge in [-0.25, -0.2) is 8.42 Å². The number of nitrogens with zero attached hydrogens (tertiary/aromatic N) is 1. The molecule has 0 aromatic heterocycles. The molecule has 0 atom stereocenters. The Morgan fingerprint density at radius 2 is 1.58 bits per heavy atom. The van der Waals surface area contributed by atoms with Gasteiger partial charge in [-0.15, -0.1) is 0 Å². The fourth-order valence-corrected chi connectivity index (χ4v) is 3.99. The highest BCUT2D eigenvalue weighted by atomic mass is 32.2. The first-order valence-electron chi connectivity index (χ1n) is 7.70. The maximum atomic E-state index is 12.6. The number of amides is 1. The van der Waals surface area contributed by atoms with Crippen LogP contribution in [0.25, 0.3) is 0 Å². The summed E-state index contributed by atoms with van der Waals surface area (Å²) in [6.45, 7) is 1.05. The van der Waals surface area contributed by atoms with Crippen molar-refractivity contribution in [1.82, 2.24) is 4.31 Å². The topological polar surface area (TPSA) is 107 Å². The van der Waals surface area contributed by atoms with E-state index >= 15 is 0 Å². The van der Waals surface area contributed by atoms with Crippen LogP contribution < -0.4 is 10.4 Å². The summed E-state index contributed by atoms with van der Waals surface area (Å²) >= 11 is 0. The van der Waals surface area contributed by atoms with Crippen LogP contribution in [0.1, 0.15) is 25.7 Å². The van der Waals surface area contributed by atoms with Gasteiger partial charge in [-0.05, 0) is 43.2 Å². The minimum Gasteiger partial charge on any atom is -0.545 e. The molecular weight excluding hydrogens is 332 g/mol. The van der Waals surface area contributed by atoms with Gasteiger partial charge in [0.2, 0.25) is 15.9 Å². The largest absolute Gasteiger partial charge is 0.545 e. The molecule has 1 aromatic rings. The van der Waals surface area contributed by atoms with Gasteiger partial charge >= 0.3 is 0 Å². The van der Waals surface area contributed by atoms with Crippen LogP contribution in [0.3, 0.4) is 0 Å². The van der Waals surface area contributed by atoms with Gasteiger partial charge in [-0.3, -0.25) is 4.79 Å². The molecule has 24 heavy (non-hydrogen) atoms. The third-order valence-electron chi connectivity index (χ3n) is 3.70. The zero-order chi connectivity index (χ0) is 17.6. The first kappa shape index (κ1) is 18.2. The molecule has 1 heterocycles. The number of carbonyl (C=O) groups is 2. The molecular formula is C16H19N2O5S-. The van der Waals surface area contributed by atoms with Gasteiger partial charge in [-0.2, -0.15) is 4.31 Å². The lowest BCUT2D eigenvalue weighted by Crippen LogP contribution is -2.31. The number of hydrogen-bond acceptors (Lipinski definition) is 5. The van der Waals surface area contributed by atoms with Crippen molar-refractivity contribution in [3.05, 3.63) is 36.4 Å². The Morgan fingerprint density at radius 3 is 2.12 bits per heavy atom. The second kappa shape index (κ2) is 8.07. The quantitative estimate of drug-likeness (QED) is 0.777. The highest BCUT2D eigenvalue weighted by Crippen LogP contribution is 2.21. The zero-order valence-electron chi connectivity index (χ0n) is 13.1. The summed E-state index contributed by atoms with van der Waals surface area (Å²) in [5, 5.41) is 12.7. The minimum atomic E-state index is -3.53. The van der Waals surface area contributed by atoms with Crippen molar-refractivity contribution in [2.75, 3.05) is 18.4 Å². The van der Waals surface area contributed by atoms with E-state index in [9.17, 15) is 23.1 Å². The normalized spacial score (nSPS) is 16.7. The number of carbonyl (C=O) groups excluding carboxylic acids is 2. The van der Waals surface area contributed by atoms with Gasteiger partial charge in [0, 0.05) is 24.9 Å². The third-order valence-corrected chi connectivity index (χ3v) is 5.61. The molecule has 0 unspecified atom stereocenters. The van der Waals surface area contributed by atoms with E-state index in [0.717, 1.165) is 31.8 Å². The molecule has 0 bridgehead atoms. The van der Waals surface area contributed by atoms with Crippen LogP contribution in [0.5, 0.6) is 0 Å². The molecule has 1 N–H and O–H groups in total.